The van der Waals surface area contributed by atoms with E-state index in [2.05, 4.69) is 15.9 Å². The number of hydrogen-bond donors (Lipinski definition) is 1. The molecule has 0 aliphatic carbocycles. The van der Waals surface area contributed by atoms with Gasteiger partial charge < -0.3 is 10.2 Å². The van der Waals surface area contributed by atoms with Gasteiger partial charge >= 0.3 is 0 Å². The number of halogens is 1. The van der Waals surface area contributed by atoms with Crippen LogP contribution in [0, 0.1) is 6.92 Å². The Bertz CT molecular complexity index is 476. The fourth-order valence-electron chi connectivity index (χ4n) is 1.53. The average Bonchev–Trinajstić information content (AvgIpc) is 2.59. The normalized spacial score (nSPS) is 10.5. The number of benzene rings is 1. The molecule has 0 aliphatic heterocycles. The number of rotatable bonds is 2. The van der Waals surface area contributed by atoms with Crippen LogP contribution in [-0.4, -0.2) is 0 Å². The highest BCUT2D eigenvalue weighted by Gasteiger charge is 2.05. The average molecular weight is 266 g/mol. The van der Waals surface area contributed by atoms with Crippen LogP contribution in [0.1, 0.15) is 16.9 Å². The molecule has 2 rings (SSSR count). The van der Waals surface area contributed by atoms with E-state index in [1.807, 2.05) is 37.3 Å². The Hall–Kier alpha value is -1.22. The maximum absolute atomic E-state index is 5.98. The molecule has 0 unspecified atom stereocenters. The molecule has 0 atom stereocenters. The number of aryl methyl sites for hydroxylation is 1. The van der Waals surface area contributed by atoms with Crippen molar-refractivity contribution in [2.75, 3.05) is 5.73 Å². The van der Waals surface area contributed by atoms with E-state index in [1.165, 1.54) is 0 Å². The second-order valence-corrected chi connectivity index (χ2v) is 4.31. The third kappa shape index (κ3) is 2.23. The Morgan fingerprint density at radius 1 is 1.27 bits per heavy atom. The number of para-hydroxylation sites is 1. The highest BCUT2D eigenvalue weighted by molar-refractivity contribution is 9.10. The molecule has 0 aliphatic rings. The van der Waals surface area contributed by atoms with Crippen molar-refractivity contribution < 1.29 is 4.42 Å². The molecule has 0 spiro atoms. The monoisotopic (exact) mass is 265 g/mol. The van der Waals surface area contributed by atoms with Crippen LogP contribution >= 0.6 is 15.9 Å². The maximum Gasteiger partial charge on any atom is 0.169 e. The van der Waals surface area contributed by atoms with Crippen LogP contribution in [-0.2, 0) is 6.42 Å². The van der Waals surface area contributed by atoms with E-state index in [1.54, 1.807) is 0 Å². The minimum atomic E-state index is 0.735. The van der Waals surface area contributed by atoms with Gasteiger partial charge in [0.2, 0.25) is 0 Å². The first kappa shape index (κ1) is 10.3. The van der Waals surface area contributed by atoms with Crippen molar-refractivity contribution in [3.63, 3.8) is 0 Å². The van der Waals surface area contributed by atoms with Gasteiger partial charge in [-0.1, -0.05) is 18.2 Å². The highest BCUT2D eigenvalue weighted by atomic mass is 79.9. The first-order chi connectivity index (χ1) is 7.16. The molecule has 0 fully saturated rings. The van der Waals surface area contributed by atoms with Crippen LogP contribution in [0.25, 0.3) is 0 Å². The van der Waals surface area contributed by atoms with Gasteiger partial charge in [0.15, 0.2) is 4.67 Å². The molecule has 1 aromatic carbocycles. The fourth-order valence-corrected chi connectivity index (χ4v) is 1.87. The van der Waals surface area contributed by atoms with Gasteiger partial charge in [0.1, 0.15) is 5.76 Å². The first-order valence-corrected chi connectivity index (χ1v) is 5.54. The van der Waals surface area contributed by atoms with Gasteiger partial charge in [-0.2, -0.15) is 0 Å². The molecular weight excluding hydrogens is 254 g/mol. The Kier molecular flexibility index (Phi) is 2.82. The molecule has 0 saturated carbocycles. The summed E-state index contributed by atoms with van der Waals surface area (Å²) >= 11 is 3.28. The van der Waals surface area contributed by atoms with Crippen molar-refractivity contribution in [2.24, 2.45) is 0 Å². The zero-order valence-corrected chi connectivity index (χ0v) is 10.0. The standard InChI is InChI=1S/C12H12BrNO/c1-8-3-2-4-9(12(8)14)7-10-5-6-11(13)15-10/h2-6H,7,14H2,1H3. The summed E-state index contributed by atoms with van der Waals surface area (Å²) in [5, 5.41) is 0. The number of nitrogen functional groups attached to an aromatic ring is 1. The van der Waals surface area contributed by atoms with Crippen molar-refractivity contribution in [3.8, 4) is 0 Å². The highest BCUT2D eigenvalue weighted by Crippen LogP contribution is 2.22. The predicted octanol–water partition coefficient (Wildman–Crippen LogP) is 3.52. The topological polar surface area (TPSA) is 39.2 Å². The van der Waals surface area contributed by atoms with Crippen LogP contribution in [0.2, 0.25) is 0 Å². The van der Waals surface area contributed by atoms with Gasteiger partial charge in [-0.05, 0) is 46.1 Å². The summed E-state index contributed by atoms with van der Waals surface area (Å²) in [5.41, 5.74) is 9.05. The van der Waals surface area contributed by atoms with E-state index in [4.69, 9.17) is 10.2 Å². The molecule has 15 heavy (non-hydrogen) atoms. The van der Waals surface area contributed by atoms with Gasteiger partial charge in [-0.25, -0.2) is 0 Å². The Balaban J connectivity index is 2.28. The quantitative estimate of drug-likeness (QED) is 0.844. The number of nitrogens with two attached hydrogens (primary N) is 1. The van der Waals surface area contributed by atoms with Crippen LogP contribution in [0.3, 0.4) is 0 Å². The van der Waals surface area contributed by atoms with Gasteiger partial charge in [0.05, 0.1) is 0 Å². The molecule has 78 valence electrons. The first-order valence-electron chi connectivity index (χ1n) is 4.75. The molecule has 0 saturated heterocycles. The maximum atomic E-state index is 5.98. The molecular formula is C12H12BrNO. The SMILES string of the molecule is Cc1cccc(Cc2ccc(Br)o2)c1N. The summed E-state index contributed by atoms with van der Waals surface area (Å²) in [7, 11) is 0. The van der Waals surface area contributed by atoms with Crippen LogP contribution < -0.4 is 5.73 Å². The van der Waals surface area contributed by atoms with Crippen molar-refractivity contribution in [2.45, 2.75) is 13.3 Å². The lowest BCUT2D eigenvalue weighted by Crippen LogP contribution is -1.97. The second kappa shape index (κ2) is 4.11. The minimum absolute atomic E-state index is 0.735. The van der Waals surface area contributed by atoms with Crippen LogP contribution in [0.4, 0.5) is 5.69 Å². The zero-order valence-electron chi connectivity index (χ0n) is 8.46. The second-order valence-electron chi connectivity index (χ2n) is 3.53. The van der Waals surface area contributed by atoms with E-state index in [-0.39, 0.29) is 0 Å². The number of anilines is 1. The summed E-state index contributed by atoms with van der Waals surface area (Å²) in [6, 6.07) is 9.89. The van der Waals surface area contributed by atoms with E-state index in [9.17, 15) is 0 Å². The Morgan fingerprint density at radius 2 is 2.07 bits per heavy atom. The number of hydrogen-bond acceptors (Lipinski definition) is 2. The summed E-state index contributed by atoms with van der Waals surface area (Å²) in [4.78, 5) is 0. The lowest BCUT2D eigenvalue weighted by atomic mass is 10.0. The van der Waals surface area contributed by atoms with Crippen LogP contribution in [0.5, 0.6) is 0 Å². The fraction of sp³-hybridized carbons (Fsp3) is 0.167. The molecule has 2 nitrogen and oxygen atoms in total. The lowest BCUT2D eigenvalue weighted by Gasteiger charge is -2.06. The molecule has 1 heterocycles. The van der Waals surface area contributed by atoms with Crippen molar-refractivity contribution in [1.29, 1.82) is 0 Å². The third-order valence-corrected chi connectivity index (χ3v) is 2.83. The largest absolute Gasteiger partial charge is 0.454 e. The number of furan rings is 1. The molecule has 3 heteroatoms. The zero-order chi connectivity index (χ0) is 10.8. The van der Waals surface area contributed by atoms with E-state index >= 15 is 0 Å². The molecule has 2 N–H and O–H groups in total. The molecule has 2 aromatic rings. The summed E-state index contributed by atoms with van der Waals surface area (Å²) in [6.07, 6.45) is 0.735. The molecule has 0 amide bonds. The van der Waals surface area contributed by atoms with Gasteiger partial charge in [-0.15, -0.1) is 0 Å². The summed E-state index contributed by atoms with van der Waals surface area (Å²) < 4.78 is 6.20. The molecule has 0 radical (unpaired) electrons. The van der Waals surface area contributed by atoms with Crippen molar-refractivity contribution >= 4 is 21.6 Å². The Labute approximate surface area is 97.2 Å². The molecule has 1 aromatic heterocycles. The van der Waals surface area contributed by atoms with Crippen LogP contribution in [0.15, 0.2) is 39.4 Å². The van der Waals surface area contributed by atoms with E-state index < -0.39 is 0 Å². The summed E-state index contributed by atoms with van der Waals surface area (Å²) in [5.74, 6) is 0.916. The van der Waals surface area contributed by atoms with E-state index in [0.717, 1.165) is 33.7 Å². The minimum Gasteiger partial charge on any atom is -0.454 e. The summed E-state index contributed by atoms with van der Waals surface area (Å²) in [6.45, 7) is 2.01. The smallest absolute Gasteiger partial charge is 0.169 e. The van der Waals surface area contributed by atoms with Gasteiger partial charge in [0, 0.05) is 12.1 Å². The lowest BCUT2D eigenvalue weighted by molar-refractivity contribution is 0.498. The van der Waals surface area contributed by atoms with Crippen molar-refractivity contribution in [1.82, 2.24) is 0 Å². The predicted molar refractivity (Wildman–Crippen MR) is 64.8 cm³/mol. The third-order valence-electron chi connectivity index (χ3n) is 2.41. The van der Waals surface area contributed by atoms with Crippen molar-refractivity contribution in [3.05, 3.63) is 51.9 Å². The Morgan fingerprint density at radius 3 is 2.73 bits per heavy atom. The molecule has 0 bridgehead atoms. The van der Waals surface area contributed by atoms with Gasteiger partial charge in [-0.3, -0.25) is 0 Å². The van der Waals surface area contributed by atoms with Gasteiger partial charge in [0.25, 0.3) is 0 Å². The van der Waals surface area contributed by atoms with E-state index in [0.29, 0.717) is 0 Å².